The van der Waals surface area contributed by atoms with Crippen LogP contribution in [0.4, 0.5) is 0 Å². The van der Waals surface area contributed by atoms with Gasteiger partial charge in [-0.25, -0.2) is 0 Å². The van der Waals surface area contributed by atoms with Crippen molar-refractivity contribution in [3.8, 4) is 5.88 Å². The maximum atomic E-state index is 8.50. The van der Waals surface area contributed by atoms with Crippen LogP contribution in [0.1, 0.15) is 0 Å². The van der Waals surface area contributed by atoms with E-state index < -0.39 is 0 Å². The van der Waals surface area contributed by atoms with Gasteiger partial charge in [-0.1, -0.05) is 0 Å². The second-order valence-corrected chi connectivity index (χ2v) is 2.57. The van der Waals surface area contributed by atoms with Crippen molar-refractivity contribution in [2.45, 2.75) is 4.34 Å². The zero-order valence-electron chi connectivity index (χ0n) is 3.33. The molecule has 1 N–H and O–H groups in total. The topological polar surface area (TPSA) is 33.1 Å². The van der Waals surface area contributed by atoms with Crippen molar-refractivity contribution in [1.29, 1.82) is 0 Å². The van der Waals surface area contributed by atoms with E-state index in [2.05, 4.69) is 17.6 Å². The summed E-state index contributed by atoms with van der Waals surface area (Å²) in [6.07, 6.45) is 0. The first-order chi connectivity index (χ1) is 3.29. The Kier molecular flexibility index (Phi) is 1.21. The molecule has 4 heteroatoms. The van der Waals surface area contributed by atoms with Gasteiger partial charge in [0.2, 0.25) is 5.88 Å². The lowest BCUT2D eigenvalue weighted by molar-refractivity contribution is 0.454. The van der Waals surface area contributed by atoms with Crippen molar-refractivity contribution in [3.63, 3.8) is 0 Å². The second-order valence-electron chi connectivity index (χ2n) is 0.988. The molecule has 0 radical (unpaired) electrons. The average Bonchev–Trinajstić information content (AvgIpc) is 1.87. The number of hydrogen-bond acceptors (Lipinski definition) is 4. The van der Waals surface area contributed by atoms with Crippen molar-refractivity contribution < 1.29 is 5.11 Å². The second kappa shape index (κ2) is 1.71. The summed E-state index contributed by atoms with van der Waals surface area (Å²) in [4.78, 5) is 3.55. The summed E-state index contributed by atoms with van der Waals surface area (Å²) in [6, 6.07) is 0. The third kappa shape index (κ3) is 1.07. The third-order valence-electron chi connectivity index (χ3n) is 0.480. The lowest BCUT2D eigenvalue weighted by atomic mass is 10.9. The molecule has 38 valence electrons. The number of aromatic nitrogens is 1. The molecule has 1 heterocycles. The minimum Gasteiger partial charge on any atom is -0.493 e. The Bertz CT molecular complexity index is 145. The van der Waals surface area contributed by atoms with Gasteiger partial charge in [0.15, 0.2) is 4.34 Å². The molecule has 1 aromatic heterocycles. The van der Waals surface area contributed by atoms with E-state index in [4.69, 9.17) is 5.11 Å². The largest absolute Gasteiger partial charge is 0.493 e. The average molecular weight is 133 g/mol. The molecule has 0 saturated carbocycles. The first kappa shape index (κ1) is 4.93. The monoisotopic (exact) mass is 133 g/mol. The fourth-order valence-electron chi connectivity index (χ4n) is 0.256. The van der Waals surface area contributed by atoms with Crippen LogP contribution in [0.3, 0.4) is 0 Å². The van der Waals surface area contributed by atoms with Gasteiger partial charge < -0.3 is 5.11 Å². The van der Waals surface area contributed by atoms with Gasteiger partial charge in [0, 0.05) is 0 Å². The molecule has 0 amide bonds. The number of thiazole rings is 1. The van der Waals surface area contributed by atoms with E-state index in [1.807, 2.05) is 0 Å². The third-order valence-corrected chi connectivity index (χ3v) is 1.53. The van der Waals surface area contributed by atoms with Crippen molar-refractivity contribution >= 4 is 24.0 Å². The van der Waals surface area contributed by atoms with Gasteiger partial charge >= 0.3 is 0 Å². The molecule has 0 unspecified atom stereocenters. The summed E-state index contributed by atoms with van der Waals surface area (Å²) in [5.74, 6) is 0.0509. The maximum absolute atomic E-state index is 8.50. The molecular weight excluding hydrogens is 130 g/mol. The summed E-state index contributed by atoms with van der Waals surface area (Å²) in [5.41, 5.74) is 0. The molecule has 7 heavy (non-hydrogen) atoms. The highest BCUT2D eigenvalue weighted by molar-refractivity contribution is 7.82. The Labute approximate surface area is 50.2 Å². The van der Waals surface area contributed by atoms with E-state index in [-0.39, 0.29) is 5.88 Å². The normalized spacial score (nSPS) is 9.29. The highest BCUT2D eigenvalue weighted by atomic mass is 32.2. The summed E-state index contributed by atoms with van der Waals surface area (Å²) < 4.78 is 0.595. The number of thiol groups is 1. The van der Waals surface area contributed by atoms with Crippen LogP contribution in [0.25, 0.3) is 0 Å². The number of rotatable bonds is 0. The minimum absolute atomic E-state index is 0.0509. The Morgan fingerprint density at radius 1 is 1.86 bits per heavy atom. The van der Waals surface area contributed by atoms with Crippen molar-refractivity contribution in [2.75, 3.05) is 0 Å². The van der Waals surface area contributed by atoms with Gasteiger partial charge in [0.05, 0.1) is 5.38 Å². The van der Waals surface area contributed by atoms with Crippen molar-refractivity contribution in [3.05, 3.63) is 5.38 Å². The molecule has 0 aliphatic carbocycles. The lowest BCUT2D eigenvalue weighted by Gasteiger charge is -1.70. The van der Waals surface area contributed by atoms with Gasteiger partial charge in [-0.2, -0.15) is 4.98 Å². The van der Waals surface area contributed by atoms with Crippen LogP contribution in [-0.2, 0) is 0 Å². The van der Waals surface area contributed by atoms with Crippen molar-refractivity contribution in [1.82, 2.24) is 4.98 Å². The Morgan fingerprint density at radius 2 is 2.57 bits per heavy atom. The summed E-state index contributed by atoms with van der Waals surface area (Å²) in [5, 5.41) is 10.0. The highest BCUT2D eigenvalue weighted by Crippen LogP contribution is 2.16. The molecule has 0 aromatic carbocycles. The number of hydrogen-bond donors (Lipinski definition) is 2. The van der Waals surface area contributed by atoms with E-state index >= 15 is 0 Å². The quantitative estimate of drug-likeness (QED) is 0.520. The van der Waals surface area contributed by atoms with E-state index in [1.165, 1.54) is 16.7 Å². The molecule has 0 saturated heterocycles. The van der Waals surface area contributed by atoms with Gasteiger partial charge in [-0.05, 0) is 0 Å². The van der Waals surface area contributed by atoms with E-state index in [1.54, 1.807) is 0 Å². The predicted molar refractivity (Wildman–Crippen MR) is 31.0 cm³/mol. The molecular formula is C3H3NOS2. The predicted octanol–water partition coefficient (Wildman–Crippen LogP) is 1.14. The standard InChI is InChI=1S/C3H3NOS2/c5-2-1-7-3(6)4-2/h1,5H,(H,4,6). The maximum Gasteiger partial charge on any atom is 0.222 e. The zero-order chi connectivity index (χ0) is 5.28. The molecule has 2 nitrogen and oxygen atoms in total. The summed E-state index contributed by atoms with van der Waals surface area (Å²) in [7, 11) is 0. The smallest absolute Gasteiger partial charge is 0.222 e. The molecule has 0 aliphatic heterocycles. The van der Waals surface area contributed by atoms with Crippen LogP contribution in [0, 0.1) is 0 Å². The van der Waals surface area contributed by atoms with Crippen LogP contribution < -0.4 is 0 Å². The number of aromatic hydroxyl groups is 1. The van der Waals surface area contributed by atoms with Gasteiger partial charge in [-0.15, -0.1) is 24.0 Å². The summed E-state index contributed by atoms with van der Waals surface area (Å²) in [6.45, 7) is 0. The first-order valence-electron chi connectivity index (χ1n) is 1.62. The highest BCUT2D eigenvalue weighted by Gasteiger charge is 1.89. The Morgan fingerprint density at radius 3 is 2.71 bits per heavy atom. The van der Waals surface area contributed by atoms with Gasteiger partial charge in [-0.3, -0.25) is 0 Å². The van der Waals surface area contributed by atoms with E-state index in [0.29, 0.717) is 4.34 Å². The molecule has 0 bridgehead atoms. The number of nitrogens with zero attached hydrogens (tertiary/aromatic N) is 1. The molecule has 0 fully saturated rings. The Balaban J connectivity index is 3.04. The van der Waals surface area contributed by atoms with Crippen LogP contribution >= 0.6 is 24.0 Å². The van der Waals surface area contributed by atoms with Crippen LogP contribution in [0.5, 0.6) is 5.88 Å². The van der Waals surface area contributed by atoms with E-state index in [0.717, 1.165) is 0 Å². The fraction of sp³-hybridized carbons (Fsp3) is 0. The molecule has 0 atom stereocenters. The molecule has 0 spiro atoms. The molecule has 1 aromatic rings. The van der Waals surface area contributed by atoms with Crippen LogP contribution in [-0.4, -0.2) is 10.1 Å². The Hall–Kier alpha value is -0.220. The minimum atomic E-state index is 0.0509. The van der Waals surface area contributed by atoms with Gasteiger partial charge in [0.1, 0.15) is 0 Å². The summed E-state index contributed by atoms with van der Waals surface area (Å²) >= 11 is 5.16. The van der Waals surface area contributed by atoms with Crippen LogP contribution in [0.15, 0.2) is 9.72 Å². The first-order valence-corrected chi connectivity index (χ1v) is 2.95. The van der Waals surface area contributed by atoms with Gasteiger partial charge in [0.25, 0.3) is 0 Å². The fourth-order valence-corrected chi connectivity index (χ4v) is 0.926. The SMILES string of the molecule is Oc1csc(S)n1. The van der Waals surface area contributed by atoms with Crippen molar-refractivity contribution in [2.24, 2.45) is 0 Å². The zero-order valence-corrected chi connectivity index (χ0v) is 5.04. The lowest BCUT2D eigenvalue weighted by Crippen LogP contribution is -1.57. The van der Waals surface area contributed by atoms with Crippen LogP contribution in [0.2, 0.25) is 0 Å². The molecule has 0 aliphatic rings. The van der Waals surface area contributed by atoms with E-state index in [9.17, 15) is 0 Å². The molecule has 1 rings (SSSR count).